The van der Waals surface area contributed by atoms with Gasteiger partial charge in [-0.3, -0.25) is 0 Å². The molecule has 1 fully saturated rings. The predicted molar refractivity (Wildman–Crippen MR) is 30.7 cm³/mol. The lowest BCUT2D eigenvalue weighted by atomic mass is 10.1. The van der Waals surface area contributed by atoms with E-state index in [1.807, 2.05) is 0 Å². The van der Waals surface area contributed by atoms with E-state index in [1.165, 1.54) is 0 Å². The van der Waals surface area contributed by atoms with Gasteiger partial charge in [-0.05, 0) is 5.92 Å². The molecular formula is C6H9F3O2. The minimum absolute atomic E-state index is 0.0317. The van der Waals surface area contributed by atoms with Crippen LogP contribution in [0.2, 0.25) is 0 Å². The Morgan fingerprint density at radius 2 is 2.09 bits per heavy atom. The summed E-state index contributed by atoms with van der Waals surface area (Å²) in [4.78, 5) is 0. The molecule has 1 heterocycles. The van der Waals surface area contributed by atoms with Gasteiger partial charge >= 0.3 is 6.18 Å². The largest absolute Gasteiger partial charge is 0.443 e. The van der Waals surface area contributed by atoms with E-state index in [9.17, 15) is 13.2 Å². The lowest BCUT2D eigenvalue weighted by molar-refractivity contribution is -0.349. The molecule has 0 bridgehead atoms. The first-order chi connectivity index (χ1) is 4.85. The van der Waals surface area contributed by atoms with Crippen LogP contribution in [0.3, 0.4) is 0 Å². The predicted octanol–water partition coefficient (Wildman–Crippen LogP) is 1.29. The van der Waals surface area contributed by atoms with Gasteiger partial charge in [-0.2, -0.15) is 13.2 Å². The molecule has 1 unspecified atom stereocenters. The van der Waals surface area contributed by atoms with Gasteiger partial charge in [-0.25, -0.2) is 0 Å². The van der Waals surface area contributed by atoms with Gasteiger partial charge in [0.2, 0.25) is 0 Å². The van der Waals surface area contributed by atoms with E-state index in [4.69, 9.17) is 5.11 Å². The Balaban J connectivity index is 2.69. The highest BCUT2D eigenvalue weighted by Gasteiger charge is 2.58. The van der Waals surface area contributed by atoms with Crippen LogP contribution in [0.15, 0.2) is 0 Å². The van der Waals surface area contributed by atoms with Crippen LogP contribution in [0.1, 0.15) is 13.3 Å². The molecule has 0 aromatic heterocycles. The van der Waals surface area contributed by atoms with Crippen molar-refractivity contribution in [3.05, 3.63) is 0 Å². The highest BCUT2D eigenvalue weighted by Crippen LogP contribution is 2.40. The van der Waals surface area contributed by atoms with Crippen LogP contribution in [0.4, 0.5) is 13.2 Å². The minimum atomic E-state index is -4.67. The summed E-state index contributed by atoms with van der Waals surface area (Å²) >= 11 is 0. The SMILES string of the molecule is C[C@H]1COC(O)(C(F)(F)F)C1. The first-order valence-corrected chi connectivity index (χ1v) is 3.28. The van der Waals surface area contributed by atoms with E-state index >= 15 is 0 Å². The normalized spacial score (nSPS) is 39.5. The molecule has 0 aromatic rings. The molecule has 1 saturated heterocycles. The van der Waals surface area contributed by atoms with E-state index in [0.717, 1.165) is 0 Å². The second-order valence-corrected chi connectivity index (χ2v) is 2.90. The molecule has 1 aliphatic rings. The van der Waals surface area contributed by atoms with Crippen LogP contribution in [-0.4, -0.2) is 23.7 Å². The maximum absolute atomic E-state index is 11.9. The number of alkyl halides is 3. The third-order valence-electron chi connectivity index (χ3n) is 1.67. The molecule has 2 atom stereocenters. The quantitative estimate of drug-likeness (QED) is 0.593. The summed E-state index contributed by atoms with van der Waals surface area (Å²) in [5.41, 5.74) is 0. The Hall–Kier alpha value is -0.290. The molecule has 0 radical (unpaired) electrons. The first kappa shape index (κ1) is 8.80. The van der Waals surface area contributed by atoms with Crippen LogP contribution < -0.4 is 0 Å². The fourth-order valence-corrected chi connectivity index (χ4v) is 1.07. The molecule has 5 heteroatoms. The second-order valence-electron chi connectivity index (χ2n) is 2.90. The topological polar surface area (TPSA) is 29.5 Å². The summed E-state index contributed by atoms with van der Waals surface area (Å²) in [6.45, 7) is 1.57. The van der Waals surface area contributed by atoms with Crippen molar-refractivity contribution >= 4 is 0 Å². The average Bonchev–Trinajstić information content (AvgIpc) is 2.10. The van der Waals surface area contributed by atoms with Crippen molar-refractivity contribution in [1.82, 2.24) is 0 Å². The van der Waals surface area contributed by atoms with Crippen molar-refractivity contribution < 1.29 is 23.0 Å². The molecule has 1 N–H and O–H groups in total. The molecule has 0 amide bonds. The van der Waals surface area contributed by atoms with Crippen molar-refractivity contribution in [2.75, 3.05) is 6.61 Å². The second kappa shape index (κ2) is 2.35. The summed E-state index contributed by atoms with van der Waals surface area (Å²) in [5, 5.41) is 8.85. The molecule has 0 aromatic carbocycles. The van der Waals surface area contributed by atoms with Gasteiger partial charge < -0.3 is 9.84 Å². The van der Waals surface area contributed by atoms with Gasteiger partial charge in [-0.1, -0.05) is 6.92 Å². The molecule has 11 heavy (non-hydrogen) atoms. The maximum Gasteiger partial charge on any atom is 0.443 e. The fourth-order valence-electron chi connectivity index (χ4n) is 1.07. The number of ether oxygens (including phenoxy) is 1. The maximum atomic E-state index is 11.9. The number of hydrogen-bond acceptors (Lipinski definition) is 2. The van der Waals surface area contributed by atoms with Gasteiger partial charge in [0.15, 0.2) is 0 Å². The van der Waals surface area contributed by atoms with Gasteiger partial charge in [0.05, 0.1) is 6.61 Å². The molecule has 66 valence electrons. The smallest absolute Gasteiger partial charge is 0.359 e. The zero-order valence-corrected chi connectivity index (χ0v) is 5.98. The Morgan fingerprint density at radius 3 is 2.27 bits per heavy atom. The highest BCUT2D eigenvalue weighted by molar-refractivity contribution is 4.83. The molecule has 1 aliphatic heterocycles. The Labute approximate surface area is 62.0 Å². The van der Waals surface area contributed by atoms with Crippen LogP contribution in [0.25, 0.3) is 0 Å². The standard InChI is InChI=1S/C6H9F3O2/c1-4-2-5(10,11-3-4)6(7,8)9/h4,10H,2-3H2,1H3/t4-,5?/m1/s1. The number of halogens is 3. The third kappa shape index (κ3) is 1.49. The van der Waals surface area contributed by atoms with Crippen LogP contribution >= 0.6 is 0 Å². The first-order valence-electron chi connectivity index (χ1n) is 3.28. The molecule has 2 nitrogen and oxygen atoms in total. The number of aliphatic hydroxyl groups is 1. The summed E-state index contributed by atoms with van der Waals surface area (Å²) in [6, 6.07) is 0. The van der Waals surface area contributed by atoms with Gasteiger partial charge in [-0.15, -0.1) is 0 Å². The van der Waals surface area contributed by atoms with Crippen LogP contribution in [-0.2, 0) is 4.74 Å². The molecular weight excluding hydrogens is 161 g/mol. The summed E-state index contributed by atoms with van der Waals surface area (Å²) in [7, 11) is 0. The van der Waals surface area contributed by atoms with Crippen LogP contribution in [0, 0.1) is 5.92 Å². The lowest BCUT2D eigenvalue weighted by Gasteiger charge is -2.24. The van der Waals surface area contributed by atoms with Crippen molar-refractivity contribution in [3.8, 4) is 0 Å². The average molecular weight is 170 g/mol. The van der Waals surface area contributed by atoms with Gasteiger partial charge in [0.1, 0.15) is 0 Å². The van der Waals surface area contributed by atoms with Crippen molar-refractivity contribution in [3.63, 3.8) is 0 Å². The minimum Gasteiger partial charge on any atom is -0.359 e. The van der Waals surface area contributed by atoms with E-state index in [2.05, 4.69) is 4.74 Å². The van der Waals surface area contributed by atoms with Crippen molar-refractivity contribution in [2.45, 2.75) is 25.3 Å². The monoisotopic (exact) mass is 170 g/mol. The molecule has 0 spiro atoms. The Bertz CT molecular complexity index is 156. The van der Waals surface area contributed by atoms with E-state index < -0.39 is 12.0 Å². The number of hydrogen-bond donors (Lipinski definition) is 1. The van der Waals surface area contributed by atoms with Crippen LogP contribution in [0.5, 0.6) is 0 Å². The lowest BCUT2D eigenvalue weighted by Crippen LogP contribution is -2.44. The zero-order valence-electron chi connectivity index (χ0n) is 5.98. The Kier molecular flexibility index (Phi) is 1.88. The number of rotatable bonds is 0. The molecule has 0 aliphatic carbocycles. The van der Waals surface area contributed by atoms with Crippen molar-refractivity contribution in [2.24, 2.45) is 5.92 Å². The summed E-state index contributed by atoms with van der Waals surface area (Å²) < 4.78 is 40.1. The molecule has 1 rings (SSSR count). The fraction of sp³-hybridized carbons (Fsp3) is 1.00. The highest BCUT2D eigenvalue weighted by atomic mass is 19.4. The van der Waals surface area contributed by atoms with Gasteiger partial charge in [0.25, 0.3) is 5.79 Å². The van der Waals surface area contributed by atoms with E-state index in [-0.39, 0.29) is 18.9 Å². The van der Waals surface area contributed by atoms with E-state index in [1.54, 1.807) is 6.92 Å². The zero-order chi connectivity index (χ0) is 8.70. The Morgan fingerprint density at radius 1 is 1.55 bits per heavy atom. The summed E-state index contributed by atoms with van der Waals surface area (Å²) in [5.74, 6) is -3.13. The summed E-state index contributed by atoms with van der Waals surface area (Å²) in [6.07, 6.45) is -5.03. The van der Waals surface area contributed by atoms with E-state index in [0.29, 0.717) is 0 Å². The molecule has 0 saturated carbocycles. The third-order valence-corrected chi connectivity index (χ3v) is 1.67. The van der Waals surface area contributed by atoms with Crippen molar-refractivity contribution in [1.29, 1.82) is 0 Å². The van der Waals surface area contributed by atoms with Gasteiger partial charge in [0, 0.05) is 6.42 Å².